The van der Waals surface area contributed by atoms with Crippen molar-refractivity contribution in [1.29, 1.82) is 0 Å². The summed E-state index contributed by atoms with van der Waals surface area (Å²) in [6, 6.07) is 4.33. The van der Waals surface area contributed by atoms with Crippen LogP contribution >= 0.6 is 11.3 Å². The van der Waals surface area contributed by atoms with Gasteiger partial charge < -0.3 is 14.2 Å². The van der Waals surface area contributed by atoms with Gasteiger partial charge in [0, 0.05) is 31.8 Å². The van der Waals surface area contributed by atoms with Crippen molar-refractivity contribution in [3.8, 4) is 0 Å². The SMILES string of the molecule is Cc1nc2c(o1)sc1c(N3C=CN(C)[C@@H]3C)c(C)ccc12. The second-order valence-electron chi connectivity index (χ2n) is 5.58. The van der Waals surface area contributed by atoms with Gasteiger partial charge in [0.15, 0.2) is 5.89 Å². The maximum Gasteiger partial charge on any atom is 0.209 e. The van der Waals surface area contributed by atoms with Gasteiger partial charge in [-0.2, -0.15) is 0 Å². The summed E-state index contributed by atoms with van der Waals surface area (Å²) in [5, 5.41) is 1.18. The molecule has 0 saturated carbocycles. The molecular formula is C16H17N3OS. The molecule has 5 heteroatoms. The van der Waals surface area contributed by atoms with Crippen LogP contribution in [0.2, 0.25) is 0 Å². The first-order valence-electron chi connectivity index (χ1n) is 7.04. The van der Waals surface area contributed by atoms with Gasteiger partial charge in [-0.05, 0) is 19.4 Å². The van der Waals surface area contributed by atoms with Crippen molar-refractivity contribution in [3.63, 3.8) is 0 Å². The number of aryl methyl sites for hydroxylation is 2. The van der Waals surface area contributed by atoms with E-state index in [9.17, 15) is 0 Å². The van der Waals surface area contributed by atoms with E-state index in [2.05, 4.69) is 60.2 Å². The van der Waals surface area contributed by atoms with Crippen LogP contribution in [0.1, 0.15) is 18.4 Å². The molecule has 0 unspecified atom stereocenters. The molecule has 21 heavy (non-hydrogen) atoms. The van der Waals surface area contributed by atoms with Gasteiger partial charge in [-0.3, -0.25) is 0 Å². The van der Waals surface area contributed by atoms with Crippen LogP contribution in [0, 0.1) is 13.8 Å². The van der Waals surface area contributed by atoms with Crippen molar-refractivity contribution in [2.45, 2.75) is 26.9 Å². The van der Waals surface area contributed by atoms with Gasteiger partial charge in [0.05, 0.1) is 10.4 Å². The van der Waals surface area contributed by atoms with Crippen molar-refractivity contribution in [1.82, 2.24) is 9.88 Å². The zero-order valence-corrected chi connectivity index (χ0v) is 13.4. The molecule has 1 aliphatic heterocycles. The van der Waals surface area contributed by atoms with Gasteiger partial charge in [-0.15, -0.1) is 0 Å². The van der Waals surface area contributed by atoms with Crippen LogP contribution in [0.25, 0.3) is 20.5 Å². The summed E-state index contributed by atoms with van der Waals surface area (Å²) < 4.78 is 6.97. The Balaban J connectivity index is 2.01. The summed E-state index contributed by atoms with van der Waals surface area (Å²) in [6.45, 7) is 6.26. The maximum atomic E-state index is 5.72. The van der Waals surface area contributed by atoms with E-state index in [1.165, 1.54) is 21.3 Å². The van der Waals surface area contributed by atoms with Gasteiger partial charge in [0.1, 0.15) is 11.7 Å². The topological polar surface area (TPSA) is 32.5 Å². The lowest BCUT2D eigenvalue weighted by Gasteiger charge is -2.28. The quantitative estimate of drug-likeness (QED) is 0.673. The molecular weight excluding hydrogens is 282 g/mol. The summed E-state index contributed by atoms with van der Waals surface area (Å²) in [7, 11) is 2.10. The Morgan fingerprint density at radius 1 is 1.24 bits per heavy atom. The van der Waals surface area contributed by atoms with Crippen LogP contribution in [-0.4, -0.2) is 23.1 Å². The Bertz CT molecular complexity index is 877. The number of hydrogen-bond acceptors (Lipinski definition) is 5. The fourth-order valence-corrected chi connectivity index (χ4v) is 4.14. The number of thiophene rings is 1. The molecule has 4 nitrogen and oxygen atoms in total. The van der Waals surface area contributed by atoms with E-state index in [1.54, 1.807) is 11.3 Å². The summed E-state index contributed by atoms with van der Waals surface area (Å²) >= 11 is 1.69. The molecule has 0 bridgehead atoms. The minimum Gasteiger partial charge on any atom is -0.430 e. The molecule has 3 heterocycles. The largest absolute Gasteiger partial charge is 0.430 e. The maximum absolute atomic E-state index is 5.72. The van der Waals surface area contributed by atoms with E-state index >= 15 is 0 Å². The number of fused-ring (bicyclic) bond motifs is 3. The lowest BCUT2D eigenvalue weighted by molar-refractivity contribution is 0.383. The standard InChI is InChI=1S/C16H17N3OS/c1-9-5-6-12-13-16(20-10(2)17-13)21-15(12)14(9)19-8-7-18(4)11(19)3/h5-8,11H,1-4H3/t11-/m0/s1. The first-order valence-corrected chi connectivity index (χ1v) is 7.86. The number of rotatable bonds is 1. The number of hydrogen-bond donors (Lipinski definition) is 0. The molecule has 2 aromatic heterocycles. The number of nitrogens with zero attached hydrogens (tertiary/aromatic N) is 3. The second-order valence-corrected chi connectivity index (χ2v) is 6.56. The molecule has 0 amide bonds. The Labute approximate surface area is 127 Å². The lowest BCUT2D eigenvalue weighted by Crippen LogP contribution is -2.33. The Hall–Kier alpha value is -2.01. The summed E-state index contributed by atoms with van der Waals surface area (Å²) in [5.74, 6) is 0.731. The number of anilines is 1. The van der Waals surface area contributed by atoms with E-state index in [1.807, 2.05) is 6.92 Å². The summed E-state index contributed by atoms with van der Waals surface area (Å²) in [6.07, 6.45) is 4.58. The van der Waals surface area contributed by atoms with Gasteiger partial charge in [0.25, 0.3) is 0 Å². The zero-order chi connectivity index (χ0) is 14.7. The molecule has 0 radical (unpaired) electrons. The Morgan fingerprint density at radius 3 is 2.76 bits per heavy atom. The van der Waals surface area contributed by atoms with Crippen LogP contribution in [0.4, 0.5) is 5.69 Å². The van der Waals surface area contributed by atoms with E-state index in [4.69, 9.17) is 4.42 Å². The number of oxazole rings is 1. The normalized spacial score (nSPS) is 18.6. The third-order valence-electron chi connectivity index (χ3n) is 4.20. The van der Waals surface area contributed by atoms with Crippen molar-refractivity contribution in [2.75, 3.05) is 11.9 Å². The Kier molecular flexibility index (Phi) is 2.57. The zero-order valence-electron chi connectivity index (χ0n) is 12.5. The number of aromatic nitrogens is 1. The first-order chi connectivity index (χ1) is 10.1. The van der Waals surface area contributed by atoms with Gasteiger partial charge >= 0.3 is 0 Å². The van der Waals surface area contributed by atoms with E-state index in [0.29, 0.717) is 6.17 Å². The van der Waals surface area contributed by atoms with Crippen molar-refractivity contribution < 1.29 is 4.42 Å². The minimum absolute atomic E-state index is 0.317. The molecule has 108 valence electrons. The number of benzene rings is 1. The molecule has 0 fully saturated rings. The molecule has 0 spiro atoms. The van der Waals surface area contributed by atoms with Crippen molar-refractivity contribution in [3.05, 3.63) is 36.0 Å². The molecule has 4 rings (SSSR count). The Morgan fingerprint density at radius 2 is 2.05 bits per heavy atom. The van der Waals surface area contributed by atoms with Crippen LogP contribution in [-0.2, 0) is 0 Å². The van der Waals surface area contributed by atoms with E-state index in [-0.39, 0.29) is 0 Å². The first kappa shape index (κ1) is 12.7. The fourth-order valence-electron chi connectivity index (χ4n) is 2.90. The van der Waals surface area contributed by atoms with Crippen LogP contribution in [0.15, 0.2) is 28.9 Å². The van der Waals surface area contributed by atoms with E-state index < -0.39 is 0 Å². The minimum atomic E-state index is 0.317. The third-order valence-corrected chi connectivity index (χ3v) is 5.28. The van der Waals surface area contributed by atoms with Crippen LogP contribution in [0.3, 0.4) is 0 Å². The van der Waals surface area contributed by atoms with Gasteiger partial charge in [0.2, 0.25) is 4.90 Å². The highest BCUT2D eigenvalue weighted by molar-refractivity contribution is 7.25. The molecule has 1 aromatic carbocycles. The monoisotopic (exact) mass is 299 g/mol. The molecule has 1 aliphatic rings. The van der Waals surface area contributed by atoms with Crippen LogP contribution < -0.4 is 4.90 Å². The van der Waals surface area contributed by atoms with Gasteiger partial charge in [-0.25, -0.2) is 4.98 Å². The second kappa shape index (κ2) is 4.24. The molecule has 0 saturated heterocycles. The summed E-state index contributed by atoms with van der Waals surface area (Å²) in [4.78, 5) is 9.97. The summed E-state index contributed by atoms with van der Waals surface area (Å²) in [5.41, 5.74) is 3.52. The molecule has 3 aromatic rings. The molecule has 0 N–H and O–H groups in total. The van der Waals surface area contributed by atoms with E-state index in [0.717, 1.165) is 16.3 Å². The smallest absolute Gasteiger partial charge is 0.209 e. The highest BCUT2D eigenvalue weighted by Gasteiger charge is 2.25. The van der Waals surface area contributed by atoms with Crippen molar-refractivity contribution >= 4 is 37.5 Å². The molecule has 0 aliphatic carbocycles. The highest BCUT2D eigenvalue weighted by atomic mass is 32.1. The lowest BCUT2D eigenvalue weighted by atomic mass is 10.1. The predicted octanol–water partition coefficient (Wildman–Crippen LogP) is 4.23. The fraction of sp³-hybridized carbons (Fsp3) is 0.312. The van der Waals surface area contributed by atoms with Crippen molar-refractivity contribution in [2.24, 2.45) is 0 Å². The average molecular weight is 299 g/mol. The predicted molar refractivity (Wildman–Crippen MR) is 87.7 cm³/mol. The third kappa shape index (κ3) is 1.70. The van der Waals surface area contributed by atoms with Crippen LogP contribution in [0.5, 0.6) is 0 Å². The average Bonchev–Trinajstić information content (AvgIpc) is 3.05. The highest BCUT2D eigenvalue weighted by Crippen LogP contribution is 2.42. The van der Waals surface area contributed by atoms with Gasteiger partial charge in [-0.1, -0.05) is 23.5 Å². The molecule has 1 atom stereocenters.